The van der Waals surface area contributed by atoms with Crippen molar-refractivity contribution in [1.29, 1.82) is 0 Å². The third kappa shape index (κ3) is 3.41. The van der Waals surface area contributed by atoms with E-state index in [4.69, 9.17) is 11.6 Å². The molecule has 2 aromatic rings. The summed E-state index contributed by atoms with van der Waals surface area (Å²) in [7, 11) is 0. The standard InChI is InChI=1S/C18H17ClN2O3/c1-10-5-15-13(16(22)6-10)8-14(18(24)21-15)17(23)20-9-11-3-2-4-12(19)7-11/h2-4,7-8,10H,5-6,9H2,1H3,(H,20,23)(H,21,24)/t10-/m0/s1. The summed E-state index contributed by atoms with van der Waals surface area (Å²) in [5, 5.41) is 3.26. The third-order valence-electron chi connectivity index (χ3n) is 4.10. The van der Waals surface area contributed by atoms with Gasteiger partial charge in [0.05, 0.1) is 0 Å². The number of fused-ring (bicyclic) bond motifs is 1. The number of carbonyl (C=O) groups is 2. The topological polar surface area (TPSA) is 79.0 Å². The number of aromatic amines is 1. The molecule has 2 N–H and O–H groups in total. The first kappa shape index (κ1) is 16.5. The van der Waals surface area contributed by atoms with Crippen molar-refractivity contribution in [1.82, 2.24) is 10.3 Å². The molecule has 1 aliphatic carbocycles. The number of hydrogen-bond donors (Lipinski definition) is 2. The van der Waals surface area contributed by atoms with Crippen molar-refractivity contribution in [3.05, 3.63) is 68.1 Å². The first-order valence-electron chi connectivity index (χ1n) is 7.76. The number of nitrogens with one attached hydrogen (secondary N) is 2. The predicted molar refractivity (Wildman–Crippen MR) is 91.5 cm³/mol. The van der Waals surface area contributed by atoms with E-state index in [2.05, 4.69) is 10.3 Å². The Hall–Kier alpha value is -2.40. The highest BCUT2D eigenvalue weighted by Crippen LogP contribution is 2.23. The van der Waals surface area contributed by atoms with Gasteiger partial charge in [0.25, 0.3) is 11.5 Å². The minimum atomic E-state index is -0.509. The second-order valence-corrected chi connectivity index (χ2v) is 6.59. The molecule has 0 aliphatic heterocycles. The van der Waals surface area contributed by atoms with Crippen molar-refractivity contribution < 1.29 is 9.59 Å². The van der Waals surface area contributed by atoms with E-state index >= 15 is 0 Å². The molecule has 0 saturated carbocycles. The van der Waals surface area contributed by atoms with Gasteiger partial charge < -0.3 is 10.3 Å². The normalized spacial score (nSPS) is 16.6. The molecular weight excluding hydrogens is 328 g/mol. The lowest BCUT2D eigenvalue weighted by molar-refractivity contribution is 0.0949. The Morgan fingerprint density at radius 2 is 2.08 bits per heavy atom. The van der Waals surface area contributed by atoms with Crippen molar-refractivity contribution in [3.8, 4) is 0 Å². The molecule has 6 heteroatoms. The van der Waals surface area contributed by atoms with Crippen molar-refractivity contribution >= 4 is 23.3 Å². The van der Waals surface area contributed by atoms with Gasteiger partial charge in [-0.1, -0.05) is 30.7 Å². The Labute approximate surface area is 144 Å². The lowest BCUT2D eigenvalue weighted by Crippen LogP contribution is -2.32. The smallest absolute Gasteiger partial charge is 0.261 e. The molecule has 3 rings (SSSR count). The van der Waals surface area contributed by atoms with Crippen LogP contribution in [0.2, 0.25) is 5.02 Å². The van der Waals surface area contributed by atoms with Gasteiger partial charge in [-0.05, 0) is 36.1 Å². The van der Waals surface area contributed by atoms with Gasteiger partial charge in [-0.15, -0.1) is 0 Å². The Morgan fingerprint density at radius 1 is 1.29 bits per heavy atom. The molecular formula is C18H17ClN2O3. The summed E-state index contributed by atoms with van der Waals surface area (Å²) in [6.07, 6.45) is 1.07. The van der Waals surface area contributed by atoms with Crippen molar-refractivity contribution in [2.75, 3.05) is 0 Å². The highest BCUT2D eigenvalue weighted by Gasteiger charge is 2.25. The fraction of sp³-hybridized carbons (Fsp3) is 0.278. The van der Waals surface area contributed by atoms with E-state index in [-0.39, 0.29) is 23.8 Å². The molecule has 0 saturated heterocycles. The molecule has 0 fully saturated rings. The largest absolute Gasteiger partial charge is 0.348 e. The van der Waals surface area contributed by atoms with E-state index in [0.29, 0.717) is 29.1 Å². The van der Waals surface area contributed by atoms with Crippen LogP contribution >= 0.6 is 11.6 Å². The lowest BCUT2D eigenvalue weighted by atomic mass is 9.86. The minimum absolute atomic E-state index is 0.0381. The van der Waals surface area contributed by atoms with Crippen LogP contribution in [0.5, 0.6) is 0 Å². The van der Waals surface area contributed by atoms with E-state index in [1.165, 1.54) is 6.07 Å². The summed E-state index contributed by atoms with van der Waals surface area (Å²) in [6.45, 7) is 2.21. The van der Waals surface area contributed by atoms with Crippen LogP contribution in [0.4, 0.5) is 0 Å². The number of rotatable bonds is 3. The second kappa shape index (κ2) is 6.61. The van der Waals surface area contributed by atoms with Gasteiger partial charge in [-0.25, -0.2) is 0 Å². The van der Waals surface area contributed by atoms with E-state index in [0.717, 1.165) is 5.56 Å². The number of pyridine rings is 1. The zero-order chi connectivity index (χ0) is 17.3. The average Bonchev–Trinajstić information content (AvgIpc) is 2.52. The van der Waals surface area contributed by atoms with Crippen molar-refractivity contribution in [2.24, 2.45) is 5.92 Å². The molecule has 0 radical (unpaired) electrons. The number of Topliss-reactive ketones (excluding diaryl/α,β-unsaturated/α-hetero) is 1. The van der Waals surface area contributed by atoms with Crippen LogP contribution in [0.1, 0.15) is 45.3 Å². The SMILES string of the molecule is C[C@@H]1CC(=O)c2cc(C(=O)NCc3cccc(Cl)c3)c(=O)[nH]c2C1. The Bertz CT molecular complexity index is 873. The molecule has 1 aromatic heterocycles. The molecule has 1 atom stereocenters. The third-order valence-corrected chi connectivity index (χ3v) is 4.33. The maximum atomic E-state index is 12.3. The number of halogens is 1. The molecule has 1 aliphatic rings. The van der Waals surface area contributed by atoms with Gasteiger partial charge in [0, 0.05) is 29.2 Å². The summed E-state index contributed by atoms with van der Waals surface area (Å²) in [6, 6.07) is 8.51. The number of amides is 1. The number of aromatic nitrogens is 1. The van der Waals surface area contributed by atoms with Crippen molar-refractivity contribution in [3.63, 3.8) is 0 Å². The number of carbonyl (C=O) groups excluding carboxylic acids is 2. The van der Waals surface area contributed by atoms with Gasteiger partial charge in [0.2, 0.25) is 0 Å². The summed E-state index contributed by atoms with van der Waals surface area (Å²) >= 11 is 5.90. The van der Waals surface area contributed by atoms with Gasteiger partial charge >= 0.3 is 0 Å². The van der Waals surface area contributed by atoms with Crippen LogP contribution in [0, 0.1) is 5.92 Å². The zero-order valence-electron chi connectivity index (χ0n) is 13.2. The predicted octanol–water partition coefficient (Wildman–Crippen LogP) is 2.72. The highest BCUT2D eigenvalue weighted by atomic mass is 35.5. The Kier molecular flexibility index (Phi) is 4.53. The number of benzene rings is 1. The maximum absolute atomic E-state index is 12.3. The molecule has 0 unspecified atom stereocenters. The van der Waals surface area contributed by atoms with Gasteiger partial charge in [-0.2, -0.15) is 0 Å². The fourth-order valence-corrected chi connectivity index (χ4v) is 3.13. The number of H-pyrrole nitrogens is 1. The van der Waals surface area contributed by atoms with E-state index < -0.39 is 11.5 Å². The van der Waals surface area contributed by atoms with Crippen LogP contribution in [-0.2, 0) is 13.0 Å². The maximum Gasteiger partial charge on any atom is 0.261 e. The monoisotopic (exact) mass is 344 g/mol. The molecule has 124 valence electrons. The van der Waals surface area contributed by atoms with Gasteiger partial charge in [0.1, 0.15) is 5.56 Å². The Balaban J connectivity index is 1.81. The average molecular weight is 345 g/mol. The first-order chi connectivity index (χ1) is 11.4. The van der Waals surface area contributed by atoms with E-state index in [1.807, 2.05) is 13.0 Å². The summed E-state index contributed by atoms with van der Waals surface area (Å²) < 4.78 is 0. The zero-order valence-corrected chi connectivity index (χ0v) is 13.9. The summed E-state index contributed by atoms with van der Waals surface area (Å²) in [5.41, 5.74) is 1.38. The molecule has 24 heavy (non-hydrogen) atoms. The van der Waals surface area contributed by atoms with Crippen LogP contribution in [0.3, 0.4) is 0 Å². The van der Waals surface area contributed by atoms with Crippen LogP contribution in [0.25, 0.3) is 0 Å². The molecule has 0 bridgehead atoms. The lowest BCUT2D eigenvalue weighted by Gasteiger charge is -2.20. The molecule has 5 nitrogen and oxygen atoms in total. The quantitative estimate of drug-likeness (QED) is 0.898. The van der Waals surface area contributed by atoms with Gasteiger partial charge in [-0.3, -0.25) is 14.4 Å². The first-order valence-corrected chi connectivity index (χ1v) is 8.14. The fourth-order valence-electron chi connectivity index (χ4n) is 2.92. The molecule has 0 spiro atoms. The summed E-state index contributed by atoms with van der Waals surface area (Å²) in [4.78, 5) is 39.3. The molecule has 1 amide bonds. The highest BCUT2D eigenvalue weighted by molar-refractivity contribution is 6.30. The number of hydrogen-bond acceptors (Lipinski definition) is 3. The van der Waals surface area contributed by atoms with Crippen LogP contribution < -0.4 is 10.9 Å². The van der Waals surface area contributed by atoms with Crippen LogP contribution in [0.15, 0.2) is 35.1 Å². The van der Waals surface area contributed by atoms with Crippen LogP contribution in [-0.4, -0.2) is 16.7 Å². The summed E-state index contributed by atoms with van der Waals surface area (Å²) in [5.74, 6) is -0.350. The minimum Gasteiger partial charge on any atom is -0.348 e. The van der Waals surface area contributed by atoms with E-state index in [1.54, 1.807) is 18.2 Å². The van der Waals surface area contributed by atoms with Gasteiger partial charge in [0.15, 0.2) is 5.78 Å². The van der Waals surface area contributed by atoms with Crippen molar-refractivity contribution in [2.45, 2.75) is 26.3 Å². The number of ketones is 1. The van der Waals surface area contributed by atoms with E-state index in [9.17, 15) is 14.4 Å². The molecule has 1 heterocycles. The Morgan fingerprint density at radius 3 is 2.83 bits per heavy atom. The molecule has 1 aromatic carbocycles. The second-order valence-electron chi connectivity index (χ2n) is 6.15.